The third-order valence-electron chi connectivity index (χ3n) is 1.83. The standard InChI is InChI=1S/C11H25NO3/c1-11(2,3)15-8-7-12-6-5-10(13)9-14-4/h10,12-13H,5-9H2,1-4H3. The molecule has 0 aliphatic heterocycles. The van der Waals surface area contributed by atoms with Gasteiger partial charge in [-0.2, -0.15) is 0 Å². The molecule has 0 bridgehead atoms. The maximum atomic E-state index is 9.34. The number of methoxy groups -OCH3 is 1. The number of nitrogens with one attached hydrogen (secondary N) is 1. The molecule has 0 rings (SSSR count). The number of hydrogen-bond donors (Lipinski definition) is 2. The van der Waals surface area contributed by atoms with E-state index in [-0.39, 0.29) is 11.7 Å². The summed E-state index contributed by atoms with van der Waals surface area (Å²) in [6.07, 6.45) is 0.342. The molecular formula is C11H25NO3. The van der Waals surface area contributed by atoms with Crippen LogP contribution in [0.1, 0.15) is 27.2 Å². The van der Waals surface area contributed by atoms with E-state index in [1.807, 2.05) is 20.8 Å². The molecule has 0 heterocycles. The van der Waals surface area contributed by atoms with Crippen molar-refractivity contribution in [1.29, 1.82) is 0 Å². The fourth-order valence-corrected chi connectivity index (χ4v) is 1.10. The van der Waals surface area contributed by atoms with Gasteiger partial charge in [0.25, 0.3) is 0 Å². The molecule has 4 heteroatoms. The highest BCUT2D eigenvalue weighted by Crippen LogP contribution is 2.04. The molecule has 0 spiro atoms. The summed E-state index contributed by atoms with van der Waals surface area (Å²) in [5, 5.41) is 12.5. The van der Waals surface area contributed by atoms with Crippen LogP contribution in [0.15, 0.2) is 0 Å². The third-order valence-corrected chi connectivity index (χ3v) is 1.83. The average molecular weight is 219 g/mol. The van der Waals surface area contributed by atoms with E-state index < -0.39 is 0 Å². The second kappa shape index (κ2) is 8.05. The van der Waals surface area contributed by atoms with Crippen molar-refractivity contribution >= 4 is 0 Å². The Labute approximate surface area is 93.0 Å². The zero-order valence-electron chi connectivity index (χ0n) is 10.4. The highest BCUT2D eigenvalue weighted by Gasteiger charge is 2.08. The molecule has 0 aromatic heterocycles. The van der Waals surface area contributed by atoms with E-state index in [0.717, 1.165) is 13.1 Å². The molecular weight excluding hydrogens is 194 g/mol. The molecule has 0 amide bonds. The Hall–Kier alpha value is -0.160. The van der Waals surface area contributed by atoms with Gasteiger partial charge in [-0.25, -0.2) is 0 Å². The summed E-state index contributed by atoms with van der Waals surface area (Å²) >= 11 is 0. The topological polar surface area (TPSA) is 50.7 Å². The minimum atomic E-state index is -0.369. The van der Waals surface area contributed by atoms with Crippen molar-refractivity contribution in [1.82, 2.24) is 5.32 Å². The Kier molecular flexibility index (Phi) is 7.96. The summed E-state index contributed by atoms with van der Waals surface area (Å²) < 4.78 is 10.4. The van der Waals surface area contributed by atoms with Gasteiger partial charge in [0, 0.05) is 13.7 Å². The van der Waals surface area contributed by atoms with Gasteiger partial charge in [0.2, 0.25) is 0 Å². The number of aliphatic hydroxyl groups excluding tert-OH is 1. The first-order valence-electron chi connectivity index (χ1n) is 5.47. The fraction of sp³-hybridized carbons (Fsp3) is 1.00. The molecule has 0 saturated heterocycles. The van der Waals surface area contributed by atoms with Crippen LogP contribution in [0.4, 0.5) is 0 Å². The van der Waals surface area contributed by atoms with Crippen LogP contribution >= 0.6 is 0 Å². The van der Waals surface area contributed by atoms with Crippen molar-refractivity contribution < 1.29 is 14.6 Å². The summed E-state index contributed by atoms with van der Waals surface area (Å²) in [5.41, 5.74) is -0.0722. The Morgan fingerprint density at radius 1 is 1.27 bits per heavy atom. The zero-order chi connectivity index (χ0) is 11.7. The number of rotatable bonds is 8. The zero-order valence-corrected chi connectivity index (χ0v) is 10.4. The third kappa shape index (κ3) is 11.8. The summed E-state index contributed by atoms with van der Waals surface area (Å²) in [5.74, 6) is 0. The maximum Gasteiger partial charge on any atom is 0.0785 e. The number of aliphatic hydroxyl groups is 1. The molecule has 0 aromatic carbocycles. The Morgan fingerprint density at radius 3 is 2.47 bits per heavy atom. The molecule has 2 N–H and O–H groups in total. The second-order valence-corrected chi connectivity index (χ2v) is 4.61. The number of ether oxygens (including phenoxy) is 2. The Bertz CT molecular complexity index is 145. The van der Waals surface area contributed by atoms with E-state index in [1.54, 1.807) is 7.11 Å². The van der Waals surface area contributed by atoms with E-state index in [4.69, 9.17) is 9.47 Å². The lowest BCUT2D eigenvalue weighted by Gasteiger charge is -2.19. The first-order chi connectivity index (χ1) is 6.95. The van der Waals surface area contributed by atoms with E-state index in [2.05, 4.69) is 5.32 Å². The highest BCUT2D eigenvalue weighted by molar-refractivity contribution is 4.60. The van der Waals surface area contributed by atoms with Crippen LogP contribution in [0.5, 0.6) is 0 Å². The van der Waals surface area contributed by atoms with Gasteiger partial charge in [-0.1, -0.05) is 0 Å². The van der Waals surface area contributed by atoms with Crippen LogP contribution in [-0.2, 0) is 9.47 Å². The van der Waals surface area contributed by atoms with Crippen LogP contribution in [0.3, 0.4) is 0 Å². The molecule has 1 unspecified atom stereocenters. The summed E-state index contributed by atoms with van der Waals surface area (Å²) in [4.78, 5) is 0. The molecule has 0 aliphatic carbocycles. The molecule has 0 radical (unpaired) electrons. The van der Waals surface area contributed by atoms with Gasteiger partial charge >= 0.3 is 0 Å². The van der Waals surface area contributed by atoms with Crippen LogP contribution in [0, 0.1) is 0 Å². The minimum absolute atomic E-state index is 0.0722. The summed E-state index contributed by atoms with van der Waals surface area (Å²) in [6, 6.07) is 0. The van der Waals surface area contributed by atoms with Crippen molar-refractivity contribution in [3.63, 3.8) is 0 Å². The molecule has 0 saturated carbocycles. The van der Waals surface area contributed by atoms with Gasteiger partial charge in [-0.3, -0.25) is 0 Å². The molecule has 0 fully saturated rings. The Morgan fingerprint density at radius 2 is 1.93 bits per heavy atom. The molecule has 4 nitrogen and oxygen atoms in total. The van der Waals surface area contributed by atoms with Gasteiger partial charge in [0.1, 0.15) is 0 Å². The lowest BCUT2D eigenvalue weighted by atomic mass is 10.2. The van der Waals surface area contributed by atoms with Crippen molar-refractivity contribution in [3.05, 3.63) is 0 Å². The van der Waals surface area contributed by atoms with Gasteiger partial charge in [0.05, 0.1) is 24.9 Å². The first kappa shape index (κ1) is 14.8. The van der Waals surface area contributed by atoms with Crippen LogP contribution < -0.4 is 5.32 Å². The van der Waals surface area contributed by atoms with Gasteiger partial charge in [-0.05, 0) is 33.7 Å². The monoisotopic (exact) mass is 219 g/mol. The lowest BCUT2D eigenvalue weighted by molar-refractivity contribution is -0.00131. The fourth-order valence-electron chi connectivity index (χ4n) is 1.10. The lowest BCUT2D eigenvalue weighted by Crippen LogP contribution is -2.29. The van der Waals surface area contributed by atoms with Crippen LogP contribution in [0.2, 0.25) is 0 Å². The Balaban J connectivity index is 3.18. The largest absolute Gasteiger partial charge is 0.391 e. The SMILES string of the molecule is COCC(O)CCNCCOC(C)(C)C. The van der Waals surface area contributed by atoms with Crippen LogP contribution in [-0.4, -0.2) is 50.2 Å². The molecule has 1 atom stereocenters. The second-order valence-electron chi connectivity index (χ2n) is 4.61. The van der Waals surface area contributed by atoms with Crippen molar-refractivity contribution in [2.24, 2.45) is 0 Å². The predicted molar refractivity (Wildman–Crippen MR) is 61.1 cm³/mol. The first-order valence-corrected chi connectivity index (χ1v) is 5.47. The maximum absolute atomic E-state index is 9.34. The molecule has 0 aromatic rings. The van der Waals surface area contributed by atoms with Gasteiger partial charge in [-0.15, -0.1) is 0 Å². The average Bonchev–Trinajstić information content (AvgIpc) is 2.09. The molecule has 92 valence electrons. The van der Waals surface area contributed by atoms with Gasteiger partial charge < -0.3 is 19.9 Å². The van der Waals surface area contributed by atoms with E-state index in [1.165, 1.54) is 0 Å². The van der Waals surface area contributed by atoms with Crippen molar-refractivity contribution in [3.8, 4) is 0 Å². The minimum Gasteiger partial charge on any atom is -0.391 e. The quantitative estimate of drug-likeness (QED) is 0.593. The predicted octanol–water partition coefficient (Wildman–Crippen LogP) is 0.788. The van der Waals surface area contributed by atoms with E-state index in [0.29, 0.717) is 19.6 Å². The van der Waals surface area contributed by atoms with Crippen LogP contribution in [0.25, 0.3) is 0 Å². The van der Waals surface area contributed by atoms with Crippen molar-refractivity contribution in [2.75, 3.05) is 33.4 Å². The molecule has 0 aliphatic rings. The normalized spacial score (nSPS) is 14.2. The highest BCUT2D eigenvalue weighted by atomic mass is 16.5. The smallest absolute Gasteiger partial charge is 0.0785 e. The molecule has 15 heavy (non-hydrogen) atoms. The van der Waals surface area contributed by atoms with E-state index in [9.17, 15) is 5.11 Å². The van der Waals surface area contributed by atoms with Gasteiger partial charge in [0.15, 0.2) is 0 Å². The number of hydrogen-bond acceptors (Lipinski definition) is 4. The summed E-state index contributed by atoms with van der Waals surface area (Å²) in [7, 11) is 1.59. The van der Waals surface area contributed by atoms with Crippen molar-refractivity contribution in [2.45, 2.75) is 38.9 Å². The summed E-state index contributed by atoms with van der Waals surface area (Å²) in [6.45, 7) is 8.82. The van der Waals surface area contributed by atoms with E-state index >= 15 is 0 Å².